The smallest absolute Gasteiger partial charge is 0.123 e. The summed E-state index contributed by atoms with van der Waals surface area (Å²) in [5, 5.41) is 6.84. The van der Waals surface area contributed by atoms with Crippen LogP contribution < -0.4 is 10.6 Å². The molecule has 0 radical (unpaired) electrons. The van der Waals surface area contributed by atoms with Crippen LogP contribution in [-0.2, 0) is 0 Å². The molecule has 1 heterocycles. The zero-order valence-corrected chi connectivity index (χ0v) is 11.2. The van der Waals surface area contributed by atoms with Crippen molar-refractivity contribution in [3.63, 3.8) is 0 Å². The van der Waals surface area contributed by atoms with Gasteiger partial charge < -0.3 is 10.6 Å². The van der Waals surface area contributed by atoms with Gasteiger partial charge in [0.1, 0.15) is 6.17 Å². The first-order chi connectivity index (χ1) is 8.66. The minimum Gasteiger partial charge on any atom is -0.367 e. The topological polar surface area (TPSA) is 24.1 Å². The molecular weight excluding hydrogens is 220 g/mol. The van der Waals surface area contributed by atoms with E-state index in [1.807, 2.05) is 6.07 Å². The zero-order chi connectivity index (χ0) is 13.0. The molecule has 96 valence electrons. The predicted octanol–water partition coefficient (Wildman–Crippen LogP) is 3.71. The molecule has 2 nitrogen and oxygen atoms in total. The number of hydrogen-bond acceptors (Lipinski definition) is 2. The Morgan fingerprint density at radius 1 is 1.22 bits per heavy atom. The number of hydrogen-bond donors (Lipinski definition) is 2. The number of benzene rings is 1. The first kappa shape index (κ1) is 12.7. The van der Waals surface area contributed by atoms with E-state index in [0.717, 1.165) is 18.0 Å². The van der Waals surface area contributed by atoms with Gasteiger partial charge in [0, 0.05) is 11.9 Å². The lowest BCUT2D eigenvalue weighted by atomic mass is 10.00. The van der Waals surface area contributed by atoms with Crippen LogP contribution in [0.3, 0.4) is 0 Å². The summed E-state index contributed by atoms with van der Waals surface area (Å²) >= 11 is 0. The Bertz CT molecular complexity index is 432. The van der Waals surface area contributed by atoms with Gasteiger partial charge in [-0.1, -0.05) is 50.8 Å². The lowest BCUT2D eigenvalue weighted by molar-refractivity contribution is 0.509. The molecule has 2 rings (SSSR count). The van der Waals surface area contributed by atoms with E-state index in [1.54, 1.807) is 0 Å². The highest BCUT2D eigenvalue weighted by molar-refractivity contribution is 5.32. The zero-order valence-electron chi connectivity index (χ0n) is 11.2. The molecule has 0 aromatic heterocycles. The van der Waals surface area contributed by atoms with Crippen molar-refractivity contribution in [1.29, 1.82) is 0 Å². The van der Waals surface area contributed by atoms with Gasteiger partial charge in [0.05, 0.1) is 0 Å². The fraction of sp³-hybridized carbons (Fsp3) is 0.375. The minimum absolute atomic E-state index is 0.140. The highest BCUT2D eigenvalue weighted by Gasteiger charge is 2.16. The van der Waals surface area contributed by atoms with E-state index in [0.29, 0.717) is 0 Å². The van der Waals surface area contributed by atoms with Crippen molar-refractivity contribution in [2.24, 2.45) is 5.92 Å². The second kappa shape index (κ2) is 5.76. The molecule has 1 aliphatic rings. The minimum atomic E-state index is 0.140. The average Bonchev–Trinajstić information content (AvgIpc) is 2.38. The van der Waals surface area contributed by atoms with Crippen LogP contribution in [0, 0.1) is 5.92 Å². The molecular formula is C16H22N2. The lowest BCUT2D eigenvalue weighted by Gasteiger charge is -2.28. The van der Waals surface area contributed by atoms with Gasteiger partial charge in [-0.3, -0.25) is 0 Å². The summed E-state index contributed by atoms with van der Waals surface area (Å²) in [6.07, 6.45) is 4.53. The van der Waals surface area contributed by atoms with E-state index in [2.05, 4.69) is 61.5 Å². The van der Waals surface area contributed by atoms with Crippen molar-refractivity contribution in [3.8, 4) is 0 Å². The van der Waals surface area contributed by atoms with Crippen LogP contribution in [-0.4, -0.2) is 0 Å². The summed E-state index contributed by atoms with van der Waals surface area (Å²) < 4.78 is 0. The molecule has 0 aliphatic carbocycles. The molecule has 0 bridgehead atoms. The highest BCUT2D eigenvalue weighted by Crippen LogP contribution is 2.22. The summed E-state index contributed by atoms with van der Waals surface area (Å²) in [6, 6.07) is 10.4. The maximum atomic E-state index is 4.13. The molecule has 1 aromatic rings. The highest BCUT2D eigenvalue weighted by atomic mass is 15.1. The van der Waals surface area contributed by atoms with Crippen molar-refractivity contribution >= 4 is 0 Å². The normalized spacial score (nSPS) is 19.2. The van der Waals surface area contributed by atoms with Crippen molar-refractivity contribution in [3.05, 3.63) is 59.9 Å². The van der Waals surface area contributed by atoms with Gasteiger partial charge in [-0.2, -0.15) is 0 Å². The Kier molecular flexibility index (Phi) is 4.08. The Labute approximate surface area is 110 Å². The number of rotatable bonds is 4. The molecule has 2 N–H and O–H groups in total. The molecule has 0 amide bonds. The van der Waals surface area contributed by atoms with Crippen LogP contribution in [0.25, 0.3) is 0 Å². The van der Waals surface area contributed by atoms with Crippen molar-refractivity contribution < 1.29 is 0 Å². The molecule has 1 aromatic carbocycles. The first-order valence-corrected chi connectivity index (χ1v) is 6.62. The molecule has 1 aliphatic heterocycles. The van der Waals surface area contributed by atoms with E-state index in [-0.39, 0.29) is 6.17 Å². The quantitative estimate of drug-likeness (QED) is 0.841. The van der Waals surface area contributed by atoms with Crippen LogP contribution in [0.1, 0.15) is 38.4 Å². The Balaban J connectivity index is 2.00. The van der Waals surface area contributed by atoms with Crippen molar-refractivity contribution in [2.45, 2.75) is 32.9 Å². The lowest BCUT2D eigenvalue weighted by Crippen LogP contribution is -2.35. The molecule has 0 fully saturated rings. The van der Waals surface area contributed by atoms with Gasteiger partial charge in [-0.25, -0.2) is 0 Å². The standard InChI is InChI=1S/C16H22N2/c1-12(2)9-10-15-11-17-16(18-13(15)3)14-7-5-4-6-8-14/h4-8,11-12,16-18H,3,9-10H2,1-2H3. The van der Waals surface area contributed by atoms with Crippen LogP contribution >= 0.6 is 0 Å². The van der Waals surface area contributed by atoms with Gasteiger partial charge in [-0.05, 0) is 29.9 Å². The average molecular weight is 242 g/mol. The number of allylic oxidation sites excluding steroid dienone is 1. The van der Waals surface area contributed by atoms with E-state index >= 15 is 0 Å². The van der Waals surface area contributed by atoms with Gasteiger partial charge in [0.15, 0.2) is 0 Å². The van der Waals surface area contributed by atoms with E-state index in [4.69, 9.17) is 0 Å². The summed E-state index contributed by atoms with van der Waals surface area (Å²) in [5.74, 6) is 0.727. The third-order valence-corrected chi connectivity index (χ3v) is 3.25. The summed E-state index contributed by atoms with van der Waals surface area (Å²) in [6.45, 7) is 8.63. The molecule has 2 heteroatoms. The third-order valence-electron chi connectivity index (χ3n) is 3.25. The van der Waals surface area contributed by atoms with Crippen LogP contribution in [0.5, 0.6) is 0 Å². The molecule has 1 atom stereocenters. The van der Waals surface area contributed by atoms with Crippen LogP contribution in [0.15, 0.2) is 54.4 Å². The number of nitrogens with one attached hydrogen (secondary N) is 2. The largest absolute Gasteiger partial charge is 0.367 e. The fourth-order valence-electron chi connectivity index (χ4n) is 2.07. The predicted molar refractivity (Wildman–Crippen MR) is 76.7 cm³/mol. The fourth-order valence-corrected chi connectivity index (χ4v) is 2.07. The Morgan fingerprint density at radius 3 is 2.56 bits per heavy atom. The first-order valence-electron chi connectivity index (χ1n) is 6.62. The summed E-state index contributed by atoms with van der Waals surface area (Å²) in [7, 11) is 0. The second-order valence-corrected chi connectivity index (χ2v) is 5.24. The van der Waals surface area contributed by atoms with Crippen molar-refractivity contribution in [1.82, 2.24) is 10.6 Å². The molecule has 0 saturated carbocycles. The Morgan fingerprint density at radius 2 is 1.94 bits per heavy atom. The van der Waals surface area contributed by atoms with Gasteiger partial charge >= 0.3 is 0 Å². The van der Waals surface area contributed by atoms with Gasteiger partial charge in [0.25, 0.3) is 0 Å². The molecule has 18 heavy (non-hydrogen) atoms. The van der Waals surface area contributed by atoms with Crippen molar-refractivity contribution in [2.75, 3.05) is 0 Å². The van der Waals surface area contributed by atoms with E-state index < -0.39 is 0 Å². The molecule has 0 saturated heterocycles. The summed E-state index contributed by atoms with van der Waals surface area (Å²) in [5.41, 5.74) is 3.57. The summed E-state index contributed by atoms with van der Waals surface area (Å²) in [4.78, 5) is 0. The van der Waals surface area contributed by atoms with Gasteiger partial charge in [0.2, 0.25) is 0 Å². The maximum absolute atomic E-state index is 4.13. The SMILES string of the molecule is C=C1NC(c2ccccc2)NC=C1CCC(C)C. The molecule has 1 unspecified atom stereocenters. The van der Waals surface area contributed by atoms with Crippen LogP contribution in [0.2, 0.25) is 0 Å². The maximum Gasteiger partial charge on any atom is 0.123 e. The van der Waals surface area contributed by atoms with E-state index in [1.165, 1.54) is 17.6 Å². The van der Waals surface area contributed by atoms with Crippen LogP contribution in [0.4, 0.5) is 0 Å². The second-order valence-electron chi connectivity index (χ2n) is 5.24. The molecule has 0 spiro atoms. The van der Waals surface area contributed by atoms with E-state index in [9.17, 15) is 0 Å². The monoisotopic (exact) mass is 242 g/mol. The third kappa shape index (κ3) is 3.16. The Hall–Kier alpha value is -1.70. The van der Waals surface area contributed by atoms with Gasteiger partial charge in [-0.15, -0.1) is 0 Å².